The fourth-order valence-electron chi connectivity index (χ4n) is 3.67. The molecular weight excluding hydrogens is 406 g/mol. The Morgan fingerprint density at radius 2 is 2.23 bits per heavy atom. The number of rotatable bonds is 5. The van der Waals surface area contributed by atoms with Crippen LogP contribution in [0.5, 0.6) is 5.75 Å². The zero-order chi connectivity index (χ0) is 21.1. The van der Waals surface area contributed by atoms with E-state index in [1.165, 1.54) is 0 Å². The molecule has 1 aromatic heterocycles. The van der Waals surface area contributed by atoms with E-state index >= 15 is 0 Å². The summed E-state index contributed by atoms with van der Waals surface area (Å²) in [5.74, 6) is 0.0291. The maximum absolute atomic E-state index is 12.3. The van der Waals surface area contributed by atoms with E-state index in [1.807, 2.05) is 19.1 Å². The summed E-state index contributed by atoms with van der Waals surface area (Å²) < 4.78 is 11.2. The molecule has 3 heterocycles. The Labute approximate surface area is 180 Å². The minimum absolute atomic E-state index is 0.0929. The summed E-state index contributed by atoms with van der Waals surface area (Å²) in [5, 5.41) is 6.13. The van der Waals surface area contributed by atoms with Crippen molar-refractivity contribution in [1.29, 1.82) is 0 Å². The van der Waals surface area contributed by atoms with Crippen LogP contribution in [0.1, 0.15) is 50.4 Å². The molecule has 1 atom stereocenters. The lowest BCUT2D eigenvalue weighted by molar-refractivity contribution is 0.0853. The van der Waals surface area contributed by atoms with Gasteiger partial charge in [0.05, 0.1) is 23.2 Å². The minimum Gasteiger partial charge on any atom is -0.489 e. The van der Waals surface area contributed by atoms with E-state index in [0.717, 1.165) is 36.1 Å². The van der Waals surface area contributed by atoms with Gasteiger partial charge >= 0.3 is 0 Å². The van der Waals surface area contributed by atoms with Crippen LogP contribution in [0.15, 0.2) is 24.4 Å². The monoisotopic (exact) mass is 429 g/mol. The van der Waals surface area contributed by atoms with Crippen molar-refractivity contribution >= 4 is 23.4 Å². The summed E-state index contributed by atoms with van der Waals surface area (Å²) >= 11 is 6.49. The maximum atomic E-state index is 12.3. The van der Waals surface area contributed by atoms with Gasteiger partial charge in [-0.3, -0.25) is 14.6 Å². The minimum atomic E-state index is -0.213. The Hall–Kier alpha value is -2.64. The summed E-state index contributed by atoms with van der Waals surface area (Å²) in [4.78, 5) is 28.9. The normalized spacial score (nSPS) is 18.2. The Morgan fingerprint density at radius 3 is 2.97 bits per heavy atom. The molecular formula is C22H24ClN3O4. The van der Waals surface area contributed by atoms with Crippen LogP contribution in [0.4, 0.5) is 0 Å². The van der Waals surface area contributed by atoms with Crippen LogP contribution in [0.2, 0.25) is 5.02 Å². The van der Waals surface area contributed by atoms with Crippen molar-refractivity contribution in [2.45, 2.75) is 32.3 Å². The van der Waals surface area contributed by atoms with Gasteiger partial charge in [0, 0.05) is 19.3 Å². The van der Waals surface area contributed by atoms with Gasteiger partial charge in [0.2, 0.25) is 0 Å². The predicted octanol–water partition coefficient (Wildman–Crippen LogP) is 2.67. The molecule has 0 radical (unpaired) electrons. The van der Waals surface area contributed by atoms with Crippen molar-refractivity contribution < 1.29 is 19.1 Å². The van der Waals surface area contributed by atoms with Gasteiger partial charge in [-0.05, 0) is 55.0 Å². The van der Waals surface area contributed by atoms with Crippen LogP contribution >= 0.6 is 11.6 Å². The number of aromatic nitrogens is 1. The molecule has 30 heavy (non-hydrogen) atoms. The summed E-state index contributed by atoms with van der Waals surface area (Å²) in [5.41, 5.74) is 3.50. The molecule has 7 nitrogen and oxygen atoms in total. The van der Waals surface area contributed by atoms with Gasteiger partial charge < -0.3 is 20.1 Å². The van der Waals surface area contributed by atoms with Crippen molar-refractivity contribution in [3.8, 4) is 5.75 Å². The average molecular weight is 430 g/mol. The summed E-state index contributed by atoms with van der Waals surface area (Å²) in [6.07, 6.45) is 4.31. The van der Waals surface area contributed by atoms with E-state index in [2.05, 4.69) is 15.6 Å². The molecule has 0 spiro atoms. The number of pyridine rings is 1. The number of fused-ring (bicyclic) bond motifs is 1. The summed E-state index contributed by atoms with van der Waals surface area (Å²) in [7, 11) is 0. The highest BCUT2D eigenvalue weighted by Crippen LogP contribution is 2.36. The van der Waals surface area contributed by atoms with Crippen LogP contribution in [0.3, 0.4) is 0 Å². The molecule has 0 unspecified atom stereocenters. The molecule has 0 aliphatic carbocycles. The molecule has 1 fully saturated rings. The zero-order valence-corrected chi connectivity index (χ0v) is 17.6. The van der Waals surface area contributed by atoms with Gasteiger partial charge in [0.25, 0.3) is 11.8 Å². The molecule has 8 heteroatoms. The molecule has 2 amide bonds. The molecule has 1 saturated heterocycles. The molecule has 1 aromatic carbocycles. The van der Waals surface area contributed by atoms with Gasteiger partial charge in [0.1, 0.15) is 12.3 Å². The van der Waals surface area contributed by atoms with Crippen molar-refractivity contribution in [3.05, 3.63) is 57.4 Å². The molecule has 0 bridgehead atoms. The second kappa shape index (κ2) is 9.02. The van der Waals surface area contributed by atoms with E-state index in [0.29, 0.717) is 48.1 Å². The molecule has 2 aliphatic rings. The first kappa shape index (κ1) is 20.6. The summed E-state index contributed by atoms with van der Waals surface area (Å²) in [6.45, 7) is 3.99. The first-order valence-corrected chi connectivity index (χ1v) is 10.5. The molecule has 2 aliphatic heterocycles. The third-order valence-electron chi connectivity index (χ3n) is 5.42. The van der Waals surface area contributed by atoms with Gasteiger partial charge in [0.15, 0.2) is 5.75 Å². The van der Waals surface area contributed by atoms with Gasteiger partial charge in [-0.15, -0.1) is 0 Å². The topological polar surface area (TPSA) is 89.6 Å². The Bertz CT molecular complexity index is 956. The number of carbonyl (C=O) groups excluding carboxylic acids is 2. The number of carbonyl (C=O) groups is 2. The fourth-order valence-corrected chi connectivity index (χ4v) is 3.95. The van der Waals surface area contributed by atoms with Crippen molar-refractivity contribution in [2.24, 2.45) is 0 Å². The number of amides is 2. The Morgan fingerprint density at radius 1 is 1.37 bits per heavy atom. The molecule has 2 aromatic rings. The van der Waals surface area contributed by atoms with E-state index in [1.54, 1.807) is 12.3 Å². The molecule has 158 valence electrons. The Kier molecular flexibility index (Phi) is 6.20. The lowest BCUT2D eigenvalue weighted by Crippen LogP contribution is -2.32. The smallest absolute Gasteiger partial charge is 0.269 e. The molecule has 0 saturated carbocycles. The number of benzene rings is 1. The fraction of sp³-hybridized carbons (Fsp3) is 0.409. The van der Waals surface area contributed by atoms with Crippen molar-refractivity contribution in [1.82, 2.24) is 15.6 Å². The lowest BCUT2D eigenvalue weighted by atomic mass is 9.97. The first-order valence-electron chi connectivity index (χ1n) is 10.1. The quantitative estimate of drug-likeness (QED) is 0.762. The average Bonchev–Trinajstić information content (AvgIpc) is 3.21. The Balaban J connectivity index is 1.47. The largest absolute Gasteiger partial charge is 0.489 e. The highest BCUT2D eigenvalue weighted by Gasteiger charge is 2.23. The van der Waals surface area contributed by atoms with E-state index in [9.17, 15) is 9.59 Å². The van der Waals surface area contributed by atoms with E-state index in [4.69, 9.17) is 21.1 Å². The van der Waals surface area contributed by atoms with Crippen LogP contribution in [-0.4, -0.2) is 49.2 Å². The third-order valence-corrected chi connectivity index (χ3v) is 5.87. The lowest BCUT2D eigenvalue weighted by Gasteiger charge is -2.15. The second-order valence-electron chi connectivity index (χ2n) is 7.53. The summed E-state index contributed by atoms with van der Waals surface area (Å²) in [6, 6.07) is 5.39. The molecule has 4 rings (SSSR count). The number of nitrogens with one attached hydrogen (secondary N) is 2. The van der Waals surface area contributed by atoms with Gasteiger partial charge in [-0.1, -0.05) is 17.7 Å². The van der Waals surface area contributed by atoms with Crippen LogP contribution in [-0.2, 0) is 11.2 Å². The SMILES string of the molecule is Cc1c(Cc2ccc(C(=O)NC[C@H]3CCCO3)nc2)cc2c(c1Cl)OCCNC2=O. The number of ether oxygens (including phenoxy) is 2. The highest BCUT2D eigenvalue weighted by molar-refractivity contribution is 6.33. The van der Waals surface area contributed by atoms with E-state index < -0.39 is 0 Å². The second-order valence-corrected chi connectivity index (χ2v) is 7.91. The standard InChI is InChI=1S/C22H24ClN3O4/c1-13-15(10-17-20(19(13)23)30-8-6-24-21(17)27)9-14-4-5-18(25-11-14)22(28)26-12-16-3-2-7-29-16/h4-5,10-11,16H,2-3,6-9,12H2,1H3,(H,24,27)(H,26,28)/t16-/m1/s1. The first-order chi connectivity index (χ1) is 14.5. The maximum Gasteiger partial charge on any atom is 0.269 e. The van der Waals surface area contributed by atoms with Crippen molar-refractivity contribution in [2.75, 3.05) is 26.3 Å². The third kappa shape index (κ3) is 4.42. The van der Waals surface area contributed by atoms with Crippen molar-refractivity contribution in [3.63, 3.8) is 0 Å². The van der Waals surface area contributed by atoms with Crippen LogP contribution < -0.4 is 15.4 Å². The van der Waals surface area contributed by atoms with Gasteiger partial charge in [-0.2, -0.15) is 0 Å². The predicted molar refractivity (Wildman–Crippen MR) is 112 cm³/mol. The number of halogens is 1. The number of hydrogen-bond donors (Lipinski definition) is 2. The zero-order valence-electron chi connectivity index (χ0n) is 16.8. The number of hydrogen-bond acceptors (Lipinski definition) is 5. The van der Waals surface area contributed by atoms with Crippen LogP contribution in [0.25, 0.3) is 0 Å². The van der Waals surface area contributed by atoms with Gasteiger partial charge in [-0.25, -0.2) is 0 Å². The highest BCUT2D eigenvalue weighted by atomic mass is 35.5. The number of nitrogens with zero attached hydrogens (tertiary/aromatic N) is 1. The molecule has 2 N–H and O–H groups in total. The van der Waals surface area contributed by atoms with Crippen LogP contribution in [0, 0.1) is 6.92 Å². The van der Waals surface area contributed by atoms with E-state index in [-0.39, 0.29) is 17.9 Å².